The third-order valence-electron chi connectivity index (χ3n) is 4.86. The molecule has 0 bridgehead atoms. The van der Waals surface area contributed by atoms with Crippen LogP contribution >= 0.6 is 23.4 Å². The minimum atomic E-state index is -0.591. The number of furan rings is 1. The molecule has 180 valence electrons. The molecular weight excluding hydrogens is 488 g/mol. The standard InChI is InChI=1S/C25H23ClN4O4S/c1-2-13-33-17-9-7-16(8-10-17)28-23(31)14-22-24(32)29-25(35-22)30-27-15-18-11-12-21(34-18)19-5-3-4-6-20(19)26/h3-12,15,22H,2,13-14H2,1H3,(H,28,31)(H,29,30,32)/b27-15-/t22-/m1/s1. The largest absolute Gasteiger partial charge is 0.494 e. The monoisotopic (exact) mass is 510 g/mol. The molecule has 1 fully saturated rings. The Labute approximate surface area is 211 Å². The summed E-state index contributed by atoms with van der Waals surface area (Å²) in [4.78, 5) is 24.6. The number of benzene rings is 2. The summed E-state index contributed by atoms with van der Waals surface area (Å²) in [5.74, 6) is 1.28. The summed E-state index contributed by atoms with van der Waals surface area (Å²) in [5.41, 5.74) is 1.41. The van der Waals surface area contributed by atoms with Crippen LogP contribution in [0.3, 0.4) is 0 Å². The van der Waals surface area contributed by atoms with E-state index in [1.54, 1.807) is 42.5 Å². The topological polar surface area (TPSA) is 105 Å². The average Bonchev–Trinajstić information content (AvgIpc) is 3.45. The van der Waals surface area contributed by atoms with Crippen LogP contribution in [0.15, 0.2) is 75.3 Å². The molecule has 35 heavy (non-hydrogen) atoms. The first-order chi connectivity index (χ1) is 17.0. The van der Waals surface area contributed by atoms with Crippen molar-refractivity contribution in [2.75, 3.05) is 11.9 Å². The van der Waals surface area contributed by atoms with Crippen LogP contribution in [-0.2, 0) is 9.59 Å². The van der Waals surface area contributed by atoms with E-state index in [4.69, 9.17) is 20.8 Å². The smallest absolute Gasteiger partial charge is 0.240 e. The lowest BCUT2D eigenvalue weighted by Gasteiger charge is -2.09. The van der Waals surface area contributed by atoms with E-state index in [1.165, 1.54) is 6.21 Å². The maximum atomic E-state index is 12.4. The van der Waals surface area contributed by atoms with Crippen LogP contribution in [0.4, 0.5) is 5.69 Å². The zero-order valence-electron chi connectivity index (χ0n) is 18.9. The van der Waals surface area contributed by atoms with Gasteiger partial charge in [-0.05, 0) is 55.0 Å². The summed E-state index contributed by atoms with van der Waals surface area (Å²) in [6.45, 7) is 2.67. The summed E-state index contributed by atoms with van der Waals surface area (Å²) in [6, 6.07) is 18.0. The highest BCUT2D eigenvalue weighted by Gasteiger charge is 2.32. The van der Waals surface area contributed by atoms with Gasteiger partial charge in [0.25, 0.3) is 0 Å². The number of amides is 2. The molecule has 2 amide bonds. The fraction of sp³-hybridized carbons (Fsp3) is 0.200. The molecule has 1 aliphatic heterocycles. The third kappa shape index (κ3) is 6.74. The molecular formula is C25H23ClN4O4S. The molecule has 2 aromatic carbocycles. The molecule has 0 saturated carbocycles. The number of ether oxygens (including phenoxy) is 1. The SMILES string of the molecule is CCCOc1ccc(NC(=O)C[C@H]2S/C(=N/N=C\c3ccc(-c4ccccc4Cl)o3)NC2=O)cc1. The van der Waals surface area contributed by atoms with Crippen molar-refractivity contribution in [2.24, 2.45) is 10.2 Å². The van der Waals surface area contributed by atoms with Crippen LogP contribution in [0, 0.1) is 0 Å². The number of hydrogen-bond donors (Lipinski definition) is 2. The van der Waals surface area contributed by atoms with Crippen molar-refractivity contribution in [3.63, 3.8) is 0 Å². The van der Waals surface area contributed by atoms with Crippen LogP contribution < -0.4 is 15.4 Å². The van der Waals surface area contributed by atoms with Crippen molar-refractivity contribution in [1.29, 1.82) is 0 Å². The molecule has 0 radical (unpaired) electrons. The van der Waals surface area contributed by atoms with E-state index in [0.29, 0.717) is 34.0 Å². The van der Waals surface area contributed by atoms with Crippen molar-refractivity contribution < 1.29 is 18.7 Å². The zero-order valence-corrected chi connectivity index (χ0v) is 20.4. The highest BCUT2D eigenvalue weighted by Crippen LogP contribution is 2.29. The molecule has 0 spiro atoms. The van der Waals surface area contributed by atoms with Gasteiger partial charge in [0.15, 0.2) is 5.17 Å². The predicted molar refractivity (Wildman–Crippen MR) is 139 cm³/mol. The van der Waals surface area contributed by atoms with Crippen molar-refractivity contribution >= 4 is 52.2 Å². The first-order valence-corrected chi connectivity index (χ1v) is 12.2. The zero-order chi connectivity index (χ0) is 24.6. The second kappa shape index (κ2) is 11.7. The number of rotatable bonds is 9. The second-order valence-electron chi connectivity index (χ2n) is 7.55. The number of anilines is 1. The third-order valence-corrected chi connectivity index (χ3v) is 6.26. The summed E-state index contributed by atoms with van der Waals surface area (Å²) in [6.07, 6.45) is 2.37. The van der Waals surface area contributed by atoms with Gasteiger partial charge in [-0.1, -0.05) is 42.4 Å². The van der Waals surface area contributed by atoms with Gasteiger partial charge < -0.3 is 19.8 Å². The molecule has 10 heteroatoms. The lowest BCUT2D eigenvalue weighted by molar-refractivity contribution is -0.122. The lowest BCUT2D eigenvalue weighted by atomic mass is 10.2. The minimum absolute atomic E-state index is 0.00665. The highest BCUT2D eigenvalue weighted by molar-refractivity contribution is 8.15. The van der Waals surface area contributed by atoms with Crippen LogP contribution in [0.5, 0.6) is 5.75 Å². The number of carbonyl (C=O) groups excluding carboxylic acids is 2. The van der Waals surface area contributed by atoms with Gasteiger partial charge in [0.2, 0.25) is 11.8 Å². The van der Waals surface area contributed by atoms with E-state index in [2.05, 4.69) is 20.8 Å². The van der Waals surface area contributed by atoms with Gasteiger partial charge in [0, 0.05) is 17.7 Å². The molecule has 0 unspecified atom stereocenters. The number of nitrogens with zero attached hydrogens (tertiary/aromatic N) is 2. The average molecular weight is 511 g/mol. The highest BCUT2D eigenvalue weighted by atomic mass is 35.5. The van der Waals surface area contributed by atoms with Gasteiger partial charge in [0.05, 0.1) is 17.8 Å². The summed E-state index contributed by atoms with van der Waals surface area (Å²) in [5, 5.41) is 13.8. The normalized spacial score (nSPS) is 16.6. The Bertz CT molecular complexity index is 1260. The lowest BCUT2D eigenvalue weighted by Crippen LogP contribution is -2.28. The molecule has 3 aromatic rings. The summed E-state index contributed by atoms with van der Waals surface area (Å²) in [7, 11) is 0. The van der Waals surface area contributed by atoms with E-state index in [0.717, 1.165) is 29.5 Å². The Balaban J connectivity index is 1.29. The van der Waals surface area contributed by atoms with Crippen molar-refractivity contribution in [3.8, 4) is 17.1 Å². The van der Waals surface area contributed by atoms with Gasteiger partial charge in [-0.15, -0.1) is 5.10 Å². The number of nitrogens with one attached hydrogen (secondary N) is 2. The Morgan fingerprint density at radius 1 is 1.20 bits per heavy atom. The summed E-state index contributed by atoms with van der Waals surface area (Å²) < 4.78 is 11.3. The van der Waals surface area contributed by atoms with Crippen LogP contribution in [-0.4, -0.2) is 35.1 Å². The Hall–Kier alpha value is -3.56. The number of hydrogen-bond acceptors (Lipinski definition) is 7. The molecule has 1 aliphatic rings. The van der Waals surface area contributed by atoms with E-state index in [1.807, 2.05) is 25.1 Å². The van der Waals surface area contributed by atoms with Crippen LogP contribution in [0.25, 0.3) is 11.3 Å². The second-order valence-corrected chi connectivity index (χ2v) is 9.15. The molecule has 1 aromatic heterocycles. The molecule has 1 saturated heterocycles. The Morgan fingerprint density at radius 3 is 2.77 bits per heavy atom. The number of thioether (sulfide) groups is 1. The quantitative estimate of drug-likeness (QED) is 0.298. The molecule has 1 atom stereocenters. The summed E-state index contributed by atoms with van der Waals surface area (Å²) >= 11 is 7.35. The van der Waals surface area contributed by atoms with Crippen molar-refractivity contribution in [3.05, 3.63) is 71.4 Å². The maximum Gasteiger partial charge on any atom is 0.240 e. The molecule has 0 aliphatic carbocycles. The van der Waals surface area contributed by atoms with Gasteiger partial charge in [-0.2, -0.15) is 5.10 Å². The van der Waals surface area contributed by atoms with Gasteiger partial charge >= 0.3 is 0 Å². The molecule has 2 heterocycles. The van der Waals surface area contributed by atoms with Crippen LogP contribution in [0.2, 0.25) is 5.02 Å². The van der Waals surface area contributed by atoms with E-state index in [9.17, 15) is 9.59 Å². The number of amidine groups is 1. The predicted octanol–water partition coefficient (Wildman–Crippen LogP) is 5.34. The fourth-order valence-electron chi connectivity index (χ4n) is 3.19. The fourth-order valence-corrected chi connectivity index (χ4v) is 4.34. The minimum Gasteiger partial charge on any atom is -0.494 e. The first-order valence-electron chi connectivity index (χ1n) is 11.0. The Kier molecular flexibility index (Phi) is 8.23. The van der Waals surface area contributed by atoms with Gasteiger partial charge in [0.1, 0.15) is 22.5 Å². The van der Waals surface area contributed by atoms with E-state index >= 15 is 0 Å². The molecule has 8 nitrogen and oxygen atoms in total. The van der Waals surface area contributed by atoms with Crippen molar-refractivity contribution in [1.82, 2.24) is 5.32 Å². The van der Waals surface area contributed by atoms with Gasteiger partial charge in [-0.25, -0.2) is 0 Å². The Morgan fingerprint density at radius 2 is 2.00 bits per heavy atom. The first kappa shape index (κ1) is 24.6. The van der Waals surface area contributed by atoms with Crippen LogP contribution in [0.1, 0.15) is 25.5 Å². The number of carbonyl (C=O) groups is 2. The maximum absolute atomic E-state index is 12.4. The van der Waals surface area contributed by atoms with Gasteiger partial charge in [-0.3, -0.25) is 9.59 Å². The van der Waals surface area contributed by atoms with Crippen molar-refractivity contribution in [2.45, 2.75) is 25.0 Å². The number of halogens is 1. The van der Waals surface area contributed by atoms with E-state index < -0.39 is 5.25 Å². The van der Waals surface area contributed by atoms with E-state index in [-0.39, 0.29) is 18.2 Å². The molecule has 2 N–H and O–H groups in total. The molecule has 4 rings (SSSR count).